The molecular formula is C17H30N2O4. The Morgan fingerprint density at radius 2 is 1.87 bits per heavy atom. The number of aliphatic hydroxyl groups excluding tert-OH is 1. The number of nitrogens with one attached hydrogen (secondary N) is 2. The van der Waals surface area contributed by atoms with Gasteiger partial charge in [-0.3, -0.25) is 9.59 Å². The Balaban J connectivity index is 1.68. The van der Waals surface area contributed by atoms with E-state index in [0.717, 1.165) is 44.9 Å². The van der Waals surface area contributed by atoms with Gasteiger partial charge in [-0.15, -0.1) is 0 Å². The number of carbonyl (C=O) groups is 2. The summed E-state index contributed by atoms with van der Waals surface area (Å²) in [4.78, 5) is 23.3. The Kier molecular flexibility index (Phi) is 7.30. The molecule has 1 saturated heterocycles. The molecule has 2 aliphatic rings. The number of hydrogen-bond donors (Lipinski definition) is 3. The first-order chi connectivity index (χ1) is 11.1. The molecule has 0 aromatic carbocycles. The molecule has 3 N–H and O–H groups in total. The molecule has 0 spiro atoms. The van der Waals surface area contributed by atoms with E-state index in [4.69, 9.17) is 4.74 Å². The largest absolute Gasteiger partial charge is 0.394 e. The summed E-state index contributed by atoms with van der Waals surface area (Å²) in [5.41, 5.74) is 0. The molecule has 0 radical (unpaired) electrons. The smallest absolute Gasteiger partial charge is 0.223 e. The van der Waals surface area contributed by atoms with Crippen molar-refractivity contribution in [1.29, 1.82) is 0 Å². The fourth-order valence-corrected chi connectivity index (χ4v) is 3.64. The molecule has 6 nitrogen and oxygen atoms in total. The highest BCUT2D eigenvalue weighted by Gasteiger charge is 2.31. The van der Waals surface area contributed by atoms with Gasteiger partial charge in [-0.05, 0) is 32.1 Å². The van der Waals surface area contributed by atoms with Crippen LogP contribution in [0.5, 0.6) is 0 Å². The molecular weight excluding hydrogens is 296 g/mol. The molecule has 1 aliphatic heterocycles. The van der Waals surface area contributed by atoms with Crippen molar-refractivity contribution in [3.8, 4) is 0 Å². The standard InChI is InChI=1S/C17H30N2O4/c1-12(21)19-15-8-7-14(23-16(15)11-20)9-10-18-17(22)13-5-3-2-4-6-13/h13-16,20H,2-11H2,1H3,(H,18,22)(H,19,21)/t14-,15-,16-/m0/s1. The topological polar surface area (TPSA) is 87.7 Å². The SMILES string of the molecule is CC(=O)N[C@H]1CC[C@@H](CCNC(=O)C2CCCCC2)O[C@H]1CO. The van der Waals surface area contributed by atoms with Crippen molar-refractivity contribution in [3.05, 3.63) is 0 Å². The zero-order valence-electron chi connectivity index (χ0n) is 14.1. The summed E-state index contributed by atoms with van der Waals surface area (Å²) in [5.74, 6) is 0.260. The van der Waals surface area contributed by atoms with Gasteiger partial charge < -0.3 is 20.5 Å². The van der Waals surface area contributed by atoms with Crippen LogP contribution in [0, 0.1) is 5.92 Å². The molecule has 0 aromatic rings. The lowest BCUT2D eigenvalue weighted by atomic mass is 9.88. The van der Waals surface area contributed by atoms with E-state index in [0.29, 0.717) is 6.54 Å². The van der Waals surface area contributed by atoms with E-state index in [1.54, 1.807) is 0 Å². The van der Waals surface area contributed by atoms with Crippen molar-refractivity contribution in [3.63, 3.8) is 0 Å². The highest BCUT2D eigenvalue weighted by atomic mass is 16.5. The molecule has 3 atom stereocenters. The maximum absolute atomic E-state index is 12.1. The summed E-state index contributed by atoms with van der Waals surface area (Å²) in [7, 11) is 0. The fourth-order valence-electron chi connectivity index (χ4n) is 3.64. The molecule has 0 aromatic heterocycles. The first-order valence-corrected chi connectivity index (χ1v) is 8.91. The number of rotatable bonds is 6. The van der Waals surface area contributed by atoms with E-state index in [1.165, 1.54) is 13.3 Å². The molecule has 2 rings (SSSR count). The van der Waals surface area contributed by atoms with Crippen molar-refractivity contribution in [2.45, 2.75) is 76.5 Å². The number of ether oxygens (including phenoxy) is 1. The van der Waals surface area contributed by atoms with Gasteiger partial charge in [-0.2, -0.15) is 0 Å². The third-order valence-electron chi connectivity index (χ3n) is 4.93. The maximum atomic E-state index is 12.1. The van der Waals surface area contributed by atoms with E-state index in [9.17, 15) is 14.7 Å². The van der Waals surface area contributed by atoms with E-state index >= 15 is 0 Å². The quantitative estimate of drug-likeness (QED) is 0.682. The van der Waals surface area contributed by atoms with Crippen molar-refractivity contribution in [2.24, 2.45) is 5.92 Å². The zero-order chi connectivity index (χ0) is 16.7. The van der Waals surface area contributed by atoms with Crippen LogP contribution in [0.4, 0.5) is 0 Å². The number of aliphatic hydroxyl groups is 1. The maximum Gasteiger partial charge on any atom is 0.223 e. The van der Waals surface area contributed by atoms with Crippen LogP contribution in [-0.2, 0) is 14.3 Å². The lowest BCUT2D eigenvalue weighted by molar-refractivity contribution is -0.128. The van der Waals surface area contributed by atoms with E-state index in [-0.39, 0.29) is 42.6 Å². The summed E-state index contributed by atoms with van der Waals surface area (Å²) in [6, 6.07) is -0.120. The van der Waals surface area contributed by atoms with Crippen molar-refractivity contribution in [2.75, 3.05) is 13.2 Å². The monoisotopic (exact) mass is 326 g/mol. The average Bonchev–Trinajstić information content (AvgIpc) is 2.56. The van der Waals surface area contributed by atoms with Crippen LogP contribution in [0.2, 0.25) is 0 Å². The summed E-state index contributed by atoms with van der Waals surface area (Å²) < 4.78 is 5.86. The molecule has 132 valence electrons. The summed E-state index contributed by atoms with van der Waals surface area (Å²) in [6.45, 7) is 1.99. The van der Waals surface area contributed by atoms with Gasteiger partial charge in [0.1, 0.15) is 6.10 Å². The Labute approximate surface area is 138 Å². The normalized spacial score (nSPS) is 29.0. The second-order valence-corrected chi connectivity index (χ2v) is 6.78. The predicted molar refractivity (Wildman–Crippen MR) is 86.8 cm³/mol. The minimum Gasteiger partial charge on any atom is -0.394 e. The molecule has 1 saturated carbocycles. The Hall–Kier alpha value is -1.14. The van der Waals surface area contributed by atoms with Crippen LogP contribution in [0.15, 0.2) is 0 Å². The van der Waals surface area contributed by atoms with Gasteiger partial charge in [-0.1, -0.05) is 19.3 Å². The Morgan fingerprint density at radius 3 is 2.52 bits per heavy atom. The summed E-state index contributed by atoms with van der Waals surface area (Å²) in [6.07, 6.45) is 7.65. The average molecular weight is 326 g/mol. The second kappa shape index (κ2) is 9.23. The van der Waals surface area contributed by atoms with Gasteiger partial charge in [0, 0.05) is 19.4 Å². The van der Waals surface area contributed by atoms with E-state index in [2.05, 4.69) is 10.6 Å². The van der Waals surface area contributed by atoms with Crippen molar-refractivity contribution < 1.29 is 19.4 Å². The second-order valence-electron chi connectivity index (χ2n) is 6.78. The van der Waals surface area contributed by atoms with Gasteiger partial charge in [-0.25, -0.2) is 0 Å². The molecule has 6 heteroatoms. The lowest BCUT2D eigenvalue weighted by Crippen LogP contribution is -2.50. The summed E-state index contributed by atoms with van der Waals surface area (Å²) in [5, 5.41) is 15.3. The van der Waals surface area contributed by atoms with Crippen LogP contribution >= 0.6 is 0 Å². The first kappa shape index (κ1) is 18.2. The third-order valence-corrected chi connectivity index (χ3v) is 4.93. The minimum absolute atomic E-state index is 0.0313. The number of carbonyl (C=O) groups excluding carboxylic acids is 2. The zero-order valence-corrected chi connectivity index (χ0v) is 14.1. The Morgan fingerprint density at radius 1 is 1.13 bits per heavy atom. The lowest BCUT2D eigenvalue weighted by Gasteiger charge is -2.36. The van der Waals surface area contributed by atoms with Crippen molar-refractivity contribution >= 4 is 11.8 Å². The fraction of sp³-hybridized carbons (Fsp3) is 0.882. The van der Waals surface area contributed by atoms with Gasteiger partial charge in [0.2, 0.25) is 11.8 Å². The van der Waals surface area contributed by atoms with Crippen molar-refractivity contribution in [1.82, 2.24) is 10.6 Å². The molecule has 1 aliphatic carbocycles. The summed E-state index contributed by atoms with van der Waals surface area (Å²) >= 11 is 0. The van der Waals surface area contributed by atoms with Crippen LogP contribution in [0.3, 0.4) is 0 Å². The molecule has 2 amide bonds. The molecule has 23 heavy (non-hydrogen) atoms. The van der Waals surface area contributed by atoms with Gasteiger partial charge in [0.15, 0.2) is 0 Å². The molecule has 0 unspecified atom stereocenters. The highest BCUT2D eigenvalue weighted by molar-refractivity contribution is 5.78. The Bertz CT molecular complexity index is 396. The minimum atomic E-state index is -0.355. The van der Waals surface area contributed by atoms with Crippen LogP contribution < -0.4 is 10.6 Å². The first-order valence-electron chi connectivity index (χ1n) is 8.91. The van der Waals surface area contributed by atoms with Gasteiger partial charge in [0.05, 0.1) is 18.8 Å². The molecule has 1 heterocycles. The molecule has 2 fully saturated rings. The highest BCUT2D eigenvalue weighted by Crippen LogP contribution is 2.24. The number of amides is 2. The van der Waals surface area contributed by atoms with Crippen LogP contribution in [0.1, 0.15) is 58.3 Å². The van der Waals surface area contributed by atoms with Crippen LogP contribution in [0.25, 0.3) is 0 Å². The predicted octanol–water partition coefficient (Wildman–Crippen LogP) is 1.12. The van der Waals surface area contributed by atoms with E-state index < -0.39 is 0 Å². The third kappa shape index (κ3) is 5.77. The molecule has 0 bridgehead atoms. The van der Waals surface area contributed by atoms with Gasteiger partial charge >= 0.3 is 0 Å². The van der Waals surface area contributed by atoms with Gasteiger partial charge in [0.25, 0.3) is 0 Å². The van der Waals surface area contributed by atoms with E-state index in [1.807, 2.05) is 0 Å². The number of hydrogen-bond acceptors (Lipinski definition) is 4. The van der Waals surface area contributed by atoms with Crippen LogP contribution in [-0.4, -0.2) is 48.3 Å².